The smallest absolute Gasteiger partial charge is 0.493 e. The number of nitrogen functional groups attached to an aromatic ring is 1. The predicted octanol–water partition coefficient (Wildman–Crippen LogP) is 2.53. The average Bonchev–Trinajstić information content (AvgIpc) is 2.62. The lowest BCUT2D eigenvalue weighted by Crippen LogP contribution is -2.09. The zero-order valence-corrected chi connectivity index (χ0v) is 15.2. The summed E-state index contributed by atoms with van der Waals surface area (Å²) in [5.74, 6) is -0.324. The fourth-order valence-electron chi connectivity index (χ4n) is 2.64. The first kappa shape index (κ1) is 18.8. The normalized spacial score (nSPS) is 11.4. The van der Waals surface area contributed by atoms with Crippen molar-refractivity contribution in [1.29, 1.82) is 0 Å². The first-order chi connectivity index (χ1) is 12.7. The Kier molecular flexibility index (Phi) is 4.84. The van der Waals surface area contributed by atoms with E-state index < -0.39 is 19.0 Å². The van der Waals surface area contributed by atoms with E-state index in [1.807, 2.05) is 0 Å². The highest BCUT2D eigenvalue weighted by Crippen LogP contribution is 2.44. The number of nitrogens with two attached hydrogens (primary N) is 1. The quantitative estimate of drug-likeness (QED) is 0.440. The minimum absolute atomic E-state index is 0.109. The molecule has 0 saturated heterocycles. The van der Waals surface area contributed by atoms with E-state index in [9.17, 15) is 19.1 Å². The Morgan fingerprint density at radius 3 is 2.41 bits per heavy atom. The summed E-state index contributed by atoms with van der Waals surface area (Å²) < 4.78 is 32.1. The number of hydrogen-bond donors (Lipinski definition) is 3. The molecule has 142 valence electrons. The SMILES string of the molecule is COc1cc(-c2oc3ccccc3c(=O)c2OP(=O)(O)O)cc(N)c1OC. The Labute approximate surface area is 153 Å². The lowest BCUT2D eigenvalue weighted by Gasteiger charge is -2.15. The van der Waals surface area contributed by atoms with Gasteiger partial charge in [-0.25, -0.2) is 4.57 Å². The first-order valence-corrected chi connectivity index (χ1v) is 9.11. The van der Waals surface area contributed by atoms with Gasteiger partial charge in [-0.05, 0) is 24.3 Å². The van der Waals surface area contributed by atoms with Crippen LogP contribution in [0.25, 0.3) is 22.3 Å². The van der Waals surface area contributed by atoms with Crippen LogP contribution in [0.15, 0.2) is 45.6 Å². The van der Waals surface area contributed by atoms with E-state index >= 15 is 0 Å². The molecule has 0 spiro atoms. The van der Waals surface area contributed by atoms with Gasteiger partial charge >= 0.3 is 7.82 Å². The van der Waals surface area contributed by atoms with Gasteiger partial charge in [0.2, 0.25) is 11.2 Å². The minimum Gasteiger partial charge on any atom is -0.493 e. The van der Waals surface area contributed by atoms with Crippen molar-refractivity contribution in [3.05, 3.63) is 46.6 Å². The van der Waals surface area contributed by atoms with Gasteiger partial charge in [-0.15, -0.1) is 0 Å². The number of phosphoric acid groups is 1. The summed E-state index contributed by atoms with van der Waals surface area (Å²) >= 11 is 0. The van der Waals surface area contributed by atoms with Crippen LogP contribution in [0.1, 0.15) is 0 Å². The highest BCUT2D eigenvalue weighted by Gasteiger charge is 2.26. The Bertz CT molecular complexity index is 1120. The van der Waals surface area contributed by atoms with Crippen LogP contribution in [0.4, 0.5) is 5.69 Å². The lowest BCUT2D eigenvalue weighted by molar-refractivity contribution is 0.280. The maximum atomic E-state index is 12.7. The van der Waals surface area contributed by atoms with Gasteiger partial charge in [-0.3, -0.25) is 14.6 Å². The zero-order valence-electron chi connectivity index (χ0n) is 14.3. The topological polar surface area (TPSA) is 141 Å². The van der Waals surface area contributed by atoms with Crippen molar-refractivity contribution in [3.63, 3.8) is 0 Å². The van der Waals surface area contributed by atoms with Gasteiger partial charge in [-0.1, -0.05) is 12.1 Å². The molecule has 0 fully saturated rings. The molecule has 3 rings (SSSR count). The second-order valence-electron chi connectivity index (χ2n) is 5.47. The number of rotatable bonds is 5. The molecule has 0 aliphatic rings. The van der Waals surface area contributed by atoms with Crippen LogP contribution in [-0.2, 0) is 4.57 Å². The van der Waals surface area contributed by atoms with Crippen molar-refractivity contribution < 1.29 is 32.8 Å². The van der Waals surface area contributed by atoms with Crippen molar-refractivity contribution in [2.75, 3.05) is 20.0 Å². The third-order valence-corrected chi connectivity index (χ3v) is 4.16. The molecule has 4 N–H and O–H groups in total. The fraction of sp³-hybridized carbons (Fsp3) is 0.118. The van der Waals surface area contributed by atoms with E-state index in [4.69, 9.17) is 19.6 Å². The highest BCUT2D eigenvalue weighted by atomic mass is 31.2. The van der Waals surface area contributed by atoms with Crippen LogP contribution in [0.3, 0.4) is 0 Å². The first-order valence-electron chi connectivity index (χ1n) is 7.58. The number of benzene rings is 2. The summed E-state index contributed by atoms with van der Waals surface area (Å²) in [6.07, 6.45) is 0. The Morgan fingerprint density at radius 2 is 1.78 bits per heavy atom. The molecule has 0 aliphatic carbocycles. The van der Waals surface area contributed by atoms with E-state index in [2.05, 4.69) is 4.52 Å². The molecule has 2 aromatic carbocycles. The molecule has 10 heteroatoms. The standard InChI is InChI=1S/C17H16NO8P/c1-23-13-8-9(7-11(18)16(13)24-2)15-17(26-27(20,21)22)14(19)10-5-3-4-6-12(10)25-15/h3-8H,18H2,1-2H3,(H2,20,21,22). The van der Waals surface area contributed by atoms with Crippen molar-refractivity contribution in [2.45, 2.75) is 0 Å². The van der Waals surface area contributed by atoms with Crippen molar-refractivity contribution in [2.24, 2.45) is 0 Å². The van der Waals surface area contributed by atoms with Crippen LogP contribution >= 0.6 is 7.82 Å². The third kappa shape index (κ3) is 3.61. The molecule has 0 radical (unpaired) electrons. The second-order valence-corrected chi connectivity index (χ2v) is 6.63. The predicted molar refractivity (Wildman–Crippen MR) is 98.1 cm³/mol. The second kappa shape index (κ2) is 6.96. The molecule has 1 heterocycles. The largest absolute Gasteiger partial charge is 0.525 e. The summed E-state index contributed by atoms with van der Waals surface area (Å²) in [5.41, 5.74) is 5.82. The monoisotopic (exact) mass is 393 g/mol. The molecule has 3 aromatic rings. The van der Waals surface area contributed by atoms with Gasteiger partial charge in [0.25, 0.3) is 0 Å². The van der Waals surface area contributed by atoms with Crippen LogP contribution in [0, 0.1) is 0 Å². The molecule has 0 aliphatic heterocycles. The zero-order chi connectivity index (χ0) is 19.8. The Hall–Kier alpha value is -3.00. The summed E-state index contributed by atoms with van der Waals surface area (Å²) in [4.78, 5) is 31.2. The van der Waals surface area contributed by atoms with Crippen LogP contribution in [-0.4, -0.2) is 24.0 Å². The number of methoxy groups -OCH3 is 2. The highest BCUT2D eigenvalue weighted by molar-refractivity contribution is 7.46. The molecule has 0 bridgehead atoms. The van der Waals surface area contributed by atoms with Gasteiger partial charge < -0.3 is 24.1 Å². The molecule has 0 saturated carbocycles. The maximum Gasteiger partial charge on any atom is 0.525 e. The van der Waals surface area contributed by atoms with Crippen LogP contribution in [0.5, 0.6) is 17.2 Å². The molecular weight excluding hydrogens is 377 g/mol. The molecular formula is C17H16NO8P. The van der Waals surface area contributed by atoms with E-state index in [0.29, 0.717) is 0 Å². The summed E-state index contributed by atoms with van der Waals surface area (Å²) in [5, 5.41) is 0.109. The van der Waals surface area contributed by atoms with Gasteiger partial charge in [0.15, 0.2) is 17.3 Å². The molecule has 9 nitrogen and oxygen atoms in total. The Balaban J connectivity index is 2.36. The summed E-state index contributed by atoms with van der Waals surface area (Å²) in [7, 11) is -2.23. The minimum atomic E-state index is -5.03. The fourth-order valence-corrected chi connectivity index (χ4v) is 3.05. The Morgan fingerprint density at radius 1 is 1.07 bits per heavy atom. The van der Waals surface area contributed by atoms with Crippen molar-refractivity contribution >= 4 is 24.5 Å². The van der Waals surface area contributed by atoms with Gasteiger partial charge in [-0.2, -0.15) is 0 Å². The number of anilines is 1. The maximum absolute atomic E-state index is 12.7. The van der Waals surface area contributed by atoms with Gasteiger partial charge in [0.1, 0.15) is 5.58 Å². The van der Waals surface area contributed by atoms with Crippen LogP contribution in [0.2, 0.25) is 0 Å². The molecule has 0 atom stereocenters. The van der Waals surface area contributed by atoms with Crippen molar-refractivity contribution in [3.8, 4) is 28.6 Å². The van der Waals surface area contributed by atoms with Gasteiger partial charge in [0, 0.05) is 5.56 Å². The molecule has 0 unspecified atom stereocenters. The van der Waals surface area contributed by atoms with Crippen molar-refractivity contribution in [1.82, 2.24) is 0 Å². The average molecular weight is 393 g/mol. The number of para-hydroxylation sites is 1. The van der Waals surface area contributed by atoms with Crippen LogP contribution < -0.4 is 25.2 Å². The molecule has 0 amide bonds. The van der Waals surface area contributed by atoms with Gasteiger partial charge in [0.05, 0.1) is 25.3 Å². The number of ether oxygens (including phenoxy) is 2. The number of phosphoric ester groups is 1. The molecule has 27 heavy (non-hydrogen) atoms. The van der Waals surface area contributed by atoms with E-state index in [0.717, 1.165) is 0 Å². The van der Waals surface area contributed by atoms with E-state index in [1.54, 1.807) is 18.2 Å². The molecule has 1 aromatic heterocycles. The van der Waals surface area contributed by atoms with E-state index in [-0.39, 0.29) is 39.5 Å². The lowest BCUT2D eigenvalue weighted by atomic mass is 10.1. The summed E-state index contributed by atoms with van der Waals surface area (Å²) in [6, 6.07) is 9.12. The third-order valence-electron chi connectivity index (χ3n) is 3.74. The number of fused-ring (bicyclic) bond motifs is 1. The van der Waals surface area contributed by atoms with E-state index in [1.165, 1.54) is 32.4 Å². The number of hydrogen-bond acceptors (Lipinski definition) is 7. The summed E-state index contributed by atoms with van der Waals surface area (Å²) in [6.45, 7) is 0.